The molecule has 1 N–H and O–H groups in total. The number of rotatable bonds is 8. The number of aliphatic carboxylic acids is 1. The first-order chi connectivity index (χ1) is 14.6. The van der Waals surface area contributed by atoms with E-state index in [1.54, 1.807) is 13.0 Å². The zero-order valence-electron chi connectivity index (χ0n) is 17.0. The van der Waals surface area contributed by atoms with Gasteiger partial charge in [-0.3, -0.25) is 4.79 Å². The van der Waals surface area contributed by atoms with Crippen LogP contribution in [0.1, 0.15) is 54.7 Å². The van der Waals surface area contributed by atoms with Gasteiger partial charge in [-0.2, -0.15) is 13.2 Å². The molecular formula is C24H24F4O3. The fraction of sp³-hybridized carbons (Fsp3) is 0.458. The molecule has 0 aromatic heterocycles. The molecule has 0 bridgehead atoms. The molecular weight excluding hydrogens is 412 g/mol. The van der Waals surface area contributed by atoms with Gasteiger partial charge in [0.2, 0.25) is 0 Å². The largest absolute Gasteiger partial charge is 0.493 e. The summed E-state index contributed by atoms with van der Waals surface area (Å²) >= 11 is 0. The van der Waals surface area contributed by atoms with Crippen LogP contribution in [0.5, 0.6) is 5.75 Å². The van der Waals surface area contributed by atoms with Crippen molar-refractivity contribution in [3.05, 3.63) is 65.0 Å². The van der Waals surface area contributed by atoms with Crippen molar-refractivity contribution < 1.29 is 32.2 Å². The van der Waals surface area contributed by atoms with E-state index in [0.29, 0.717) is 30.3 Å². The molecule has 0 amide bonds. The minimum absolute atomic E-state index is 0.0604. The summed E-state index contributed by atoms with van der Waals surface area (Å²) < 4.78 is 58.2. The number of carbonyl (C=O) groups is 1. The third-order valence-electron chi connectivity index (χ3n) is 6.41. The SMILES string of the molecule is CC(C(=O)O)C(c1cccc(OCC2CC2c2ccc(F)c(C(F)(F)F)c2)c1)C1CC1. The van der Waals surface area contributed by atoms with Crippen molar-refractivity contribution in [2.75, 3.05) is 6.61 Å². The molecule has 0 radical (unpaired) electrons. The molecule has 0 saturated heterocycles. The van der Waals surface area contributed by atoms with Gasteiger partial charge in [-0.25, -0.2) is 4.39 Å². The number of alkyl halides is 3. The molecule has 4 atom stereocenters. The molecule has 2 aromatic carbocycles. The van der Waals surface area contributed by atoms with Gasteiger partial charge in [-0.15, -0.1) is 0 Å². The molecule has 0 heterocycles. The summed E-state index contributed by atoms with van der Waals surface area (Å²) in [6.07, 6.45) is -1.99. The maximum atomic E-state index is 13.5. The van der Waals surface area contributed by atoms with E-state index in [-0.39, 0.29) is 17.8 Å². The molecule has 3 nitrogen and oxygen atoms in total. The van der Waals surface area contributed by atoms with Crippen molar-refractivity contribution in [3.63, 3.8) is 0 Å². The van der Waals surface area contributed by atoms with Gasteiger partial charge >= 0.3 is 12.1 Å². The Morgan fingerprint density at radius 3 is 2.58 bits per heavy atom. The van der Waals surface area contributed by atoms with Crippen LogP contribution in [0.4, 0.5) is 17.6 Å². The minimum Gasteiger partial charge on any atom is -0.493 e. The maximum Gasteiger partial charge on any atom is 0.419 e. The number of halogens is 4. The van der Waals surface area contributed by atoms with Crippen LogP contribution in [0, 0.1) is 23.6 Å². The fourth-order valence-corrected chi connectivity index (χ4v) is 4.42. The molecule has 2 saturated carbocycles. The predicted molar refractivity (Wildman–Crippen MR) is 106 cm³/mol. The first-order valence-electron chi connectivity index (χ1n) is 10.5. The lowest BCUT2D eigenvalue weighted by molar-refractivity contribution is -0.142. The topological polar surface area (TPSA) is 46.5 Å². The second-order valence-corrected chi connectivity index (χ2v) is 8.71. The highest BCUT2D eigenvalue weighted by molar-refractivity contribution is 5.71. The molecule has 4 unspecified atom stereocenters. The summed E-state index contributed by atoms with van der Waals surface area (Å²) in [6.45, 7) is 2.07. The lowest BCUT2D eigenvalue weighted by Gasteiger charge is -2.21. The summed E-state index contributed by atoms with van der Waals surface area (Å²) in [5.41, 5.74) is 0.179. The van der Waals surface area contributed by atoms with Gasteiger partial charge in [0.25, 0.3) is 0 Å². The summed E-state index contributed by atoms with van der Waals surface area (Å²) in [6, 6.07) is 10.6. The number of carboxylic acid groups (broad SMARTS) is 1. The fourth-order valence-electron chi connectivity index (χ4n) is 4.42. The standard InChI is InChI=1S/C24H24F4O3/c1-13(23(29)30)22(14-5-6-14)16-3-2-4-18(9-16)31-12-17-10-19(17)15-7-8-21(25)20(11-15)24(26,27)28/h2-4,7-9,11,13-14,17,19,22H,5-6,10,12H2,1H3,(H,29,30). The Hall–Kier alpha value is -2.57. The maximum absolute atomic E-state index is 13.5. The monoisotopic (exact) mass is 436 g/mol. The molecule has 0 spiro atoms. The Labute approximate surface area is 178 Å². The Kier molecular flexibility index (Phi) is 5.71. The Bertz CT molecular complexity index is 968. The van der Waals surface area contributed by atoms with Gasteiger partial charge in [0.15, 0.2) is 0 Å². The third-order valence-corrected chi connectivity index (χ3v) is 6.41. The van der Waals surface area contributed by atoms with Crippen molar-refractivity contribution >= 4 is 5.97 Å². The molecule has 2 fully saturated rings. The molecule has 166 valence electrons. The van der Waals surface area contributed by atoms with Crippen LogP contribution in [-0.4, -0.2) is 17.7 Å². The van der Waals surface area contributed by atoms with Gasteiger partial charge in [-0.05, 0) is 72.4 Å². The van der Waals surface area contributed by atoms with Crippen molar-refractivity contribution in [1.29, 1.82) is 0 Å². The molecule has 4 rings (SSSR count). The van der Waals surface area contributed by atoms with E-state index in [4.69, 9.17) is 4.74 Å². The lowest BCUT2D eigenvalue weighted by atomic mass is 9.83. The predicted octanol–water partition coefficient (Wildman–Crippen LogP) is 6.24. The summed E-state index contributed by atoms with van der Waals surface area (Å²) in [5, 5.41) is 9.44. The van der Waals surface area contributed by atoms with Gasteiger partial charge < -0.3 is 9.84 Å². The van der Waals surface area contributed by atoms with E-state index < -0.39 is 29.4 Å². The van der Waals surface area contributed by atoms with E-state index in [1.165, 1.54) is 6.07 Å². The van der Waals surface area contributed by atoms with Crippen LogP contribution in [-0.2, 0) is 11.0 Å². The first-order valence-corrected chi connectivity index (χ1v) is 10.5. The van der Waals surface area contributed by atoms with E-state index in [2.05, 4.69) is 0 Å². The number of ether oxygens (including phenoxy) is 1. The summed E-state index contributed by atoms with van der Waals surface area (Å²) in [4.78, 5) is 11.5. The molecule has 31 heavy (non-hydrogen) atoms. The minimum atomic E-state index is -4.72. The van der Waals surface area contributed by atoms with Crippen LogP contribution >= 0.6 is 0 Å². The molecule has 2 aliphatic carbocycles. The number of hydrogen-bond acceptors (Lipinski definition) is 2. The average Bonchev–Trinajstić information content (AvgIpc) is 3.62. The van der Waals surface area contributed by atoms with Crippen LogP contribution in [0.25, 0.3) is 0 Å². The molecule has 0 aliphatic heterocycles. The number of carboxylic acids is 1. The second kappa shape index (κ2) is 8.17. The van der Waals surface area contributed by atoms with E-state index in [9.17, 15) is 27.5 Å². The van der Waals surface area contributed by atoms with Gasteiger partial charge in [-0.1, -0.05) is 25.1 Å². The van der Waals surface area contributed by atoms with E-state index in [1.807, 2.05) is 18.2 Å². The Morgan fingerprint density at radius 1 is 1.19 bits per heavy atom. The molecule has 2 aromatic rings. The first kappa shape index (κ1) is 21.7. The number of benzene rings is 2. The van der Waals surface area contributed by atoms with Gasteiger partial charge in [0.1, 0.15) is 11.6 Å². The van der Waals surface area contributed by atoms with Gasteiger partial charge in [0, 0.05) is 5.92 Å². The quantitative estimate of drug-likeness (QED) is 0.498. The normalized spacial score (nSPS) is 22.6. The average molecular weight is 436 g/mol. The highest BCUT2D eigenvalue weighted by Crippen LogP contribution is 2.49. The van der Waals surface area contributed by atoms with Gasteiger partial charge in [0.05, 0.1) is 18.1 Å². The van der Waals surface area contributed by atoms with E-state index >= 15 is 0 Å². The second-order valence-electron chi connectivity index (χ2n) is 8.71. The highest BCUT2D eigenvalue weighted by Gasteiger charge is 2.42. The lowest BCUT2D eigenvalue weighted by Crippen LogP contribution is -2.20. The molecule has 7 heteroatoms. The molecule has 2 aliphatic rings. The third kappa shape index (κ3) is 4.86. The van der Waals surface area contributed by atoms with Crippen LogP contribution in [0.3, 0.4) is 0 Å². The van der Waals surface area contributed by atoms with Crippen LogP contribution in [0.15, 0.2) is 42.5 Å². The van der Waals surface area contributed by atoms with Crippen molar-refractivity contribution in [3.8, 4) is 5.75 Å². The highest BCUT2D eigenvalue weighted by atomic mass is 19.4. The Morgan fingerprint density at radius 2 is 1.94 bits per heavy atom. The Balaban J connectivity index is 1.40. The van der Waals surface area contributed by atoms with Crippen molar-refractivity contribution in [2.24, 2.45) is 17.8 Å². The van der Waals surface area contributed by atoms with Crippen LogP contribution in [0.2, 0.25) is 0 Å². The van der Waals surface area contributed by atoms with E-state index in [0.717, 1.165) is 30.5 Å². The zero-order valence-corrected chi connectivity index (χ0v) is 17.0. The number of hydrogen-bond donors (Lipinski definition) is 1. The van der Waals surface area contributed by atoms with Crippen molar-refractivity contribution in [2.45, 2.75) is 44.2 Å². The smallest absolute Gasteiger partial charge is 0.419 e. The van der Waals surface area contributed by atoms with Crippen LogP contribution < -0.4 is 4.74 Å². The summed E-state index contributed by atoms with van der Waals surface area (Å²) in [7, 11) is 0. The summed E-state index contributed by atoms with van der Waals surface area (Å²) in [5.74, 6) is -1.66. The zero-order chi connectivity index (χ0) is 22.3. The van der Waals surface area contributed by atoms with Crippen molar-refractivity contribution in [1.82, 2.24) is 0 Å².